The van der Waals surface area contributed by atoms with Gasteiger partial charge in [-0.05, 0) is 25.0 Å². The molecule has 1 amide bonds. The van der Waals surface area contributed by atoms with Gasteiger partial charge in [0.05, 0.1) is 6.42 Å². The maximum atomic E-state index is 13.2. The molecule has 0 aromatic heterocycles. The van der Waals surface area contributed by atoms with E-state index in [4.69, 9.17) is 0 Å². The van der Waals surface area contributed by atoms with E-state index in [-0.39, 0.29) is 24.2 Å². The van der Waals surface area contributed by atoms with Crippen LogP contribution in [0.4, 0.5) is 4.39 Å². The van der Waals surface area contributed by atoms with Gasteiger partial charge in [0, 0.05) is 6.04 Å². The zero-order valence-electron chi connectivity index (χ0n) is 9.09. The highest BCUT2D eigenvalue weighted by molar-refractivity contribution is 5.78. The van der Waals surface area contributed by atoms with Gasteiger partial charge in [-0.15, -0.1) is 0 Å². The van der Waals surface area contributed by atoms with Crippen LogP contribution in [-0.2, 0) is 11.2 Å². The van der Waals surface area contributed by atoms with Gasteiger partial charge in [-0.3, -0.25) is 4.79 Å². The van der Waals surface area contributed by atoms with Crippen LogP contribution in [0.1, 0.15) is 25.8 Å². The molecule has 1 aromatic carbocycles. The Balaban J connectivity index is 2.55. The van der Waals surface area contributed by atoms with Gasteiger partial charge >= 0.3 is 0 Å². The fraction of sp³-hybridized carbons (Fsp3) is 0.417. The van der Waals surface area contributed by atoms with E-state index in [1.165, 1.54) is 6.07 Å². The molecule has 0 aliphatic carbocycles. The van der Waals surface area contributed by atoms with Crippen LogP contribution in [0.15, 0.2) is 24.3 Å². The van der Waals surface area contributed by atoms with Gasteiger partial charge in [-0.2, -0.15) is 0 Å². The summed E-state index contributed by atoms with van der Waals surface area (Å²) < 4.78 is 13.2. The Hall–Kier alpha value is -1.38. The first-order valence-corrected chi connectivity index (χ1v) is 5.16. The van der Waals surface area contributed by atoms with Gasteiger partial charge < -0.3 is 5.32 Å². The first-order chi connectivity index (χ1) is 7.13. The zero-order valence-corrected chi connectivity index (χ0v) is 9.09. The van der Waals surface area contributed by atoms with E-state index in [2.05, 4.69) is 5.32 Å². The number of rotatable bonds is 4. The number of benzene rings is 1. The molecule has 0 heterocycles. The number of hydrogen-bond acceptors (Lipinski definition) is 1. The van der Waals surface area contributed by atoms with Crippen LogP contribution in [0.25, 0.3) is 0 Å². The smallest absolute Gasteiger partial charge is 0.224 e. The molecule has 82 valence electrons. The summed E-state index contributed by atoms with van der Waals surface area (Å²) >= 11 is 0. The maximum Gasteiger partial charge on any atom is 0.224 e. The Morgan fingerprint density at radius 3 is 2.73 bits per heavy atom. The Morgan fingerprint density at radius 1 is 1.47 bits per heavy atom. The summed E-state index contributed by atoms with van der Waals surface area (Å²) in [6, 6.07) is 6.49. The fourth-order valence-corrected chi connectivity index (χ4v) is 1.24. The lowest BCUT2D eigenvalue weighted by molar-refractivity contribution is -0.121. The monoisotopic (exact) mass is 209 g/mol. The van der Waals surface area contributed by atoms with E-state index in [9.17, 15) is 9.18 Å². The minimum absolute atomic E-state index is 0.108. The van der Waals surface area contributed by atoms with Gasteiger partial charge in [0.25, 0.3) is 0 Å². The molecule has 0 saturated carbocycles. The van der Waals surface area contributed by atoms with Crippen molar-refractivity contribution in [2.45, 2.75) is 32.7 Å². The van der Waals surface area contributed by atoms with E-state index in [1.807, 2.05) is 13.8 Å². The van der Waals surface area contributed by atoms with E-state index in [0.29, 0.717) is 5.56 Å². The standard InChI is InChI=1S/C12H16FNO/c1-3-9(2)14-12(15)8-10-6-4-5-7-11(10)13/h4-7,9H,3,8H2,1-2H3,(H,14,15)/t9-/m1/s1. The molecule has 1 aromatic rings. The number of carbonyl (C=O) groups is 1. The minimum atomic E-state index is -0.322. The summed E-state index contributed by atoms with van der Waals surface area (Å²) in [5, 5.41) is 2.80. The minimum Gasteiger partial charge on any atom is -0.353 e. The molecule has 0 spiro atoms. The average Bonchev–Trinajstić information content (AvgIpc) is 2.21. The van der Waals surface area contributed by atoms with E-state index >= 15 is 0 Å². The molecule has 0 unspecified atom stereocenters. The van der Waals surface area contributed by atoms with E-state index in [0.717, 1.165) is 6.42 Å². The van der Waals surface area contributed by atoms with E-state index in [1.54, 1.807) is 18.2 Å². The molecule has 0 bridgehead atoms. The number of carbonyl (C=O) groups excluding carboxylic acids is 1. The van der Waals surface area contributed by atoms with Crippen molar-refractivity contribution in [3.63, 3.8) is 0 Å². The van der Waals surface area contributed by atoms with Crippen molar-refractivity contribution in [3.05, 3.63) is 35.6 Å². The SMILES string of the molecule is CC[C@@H](C)NC(=O)Cc1ccccc1F. The Labute approximate surface area is 89.5 Å². The van der Waals surface area contributed by atoms with Crippen LogP contribution in [0.5, 0.6) is 0 Å². The molecule has 0 aliphatic rings. The fourth-order valence-electron chi connectivity index (χ4n) is 1.24. The predicted molar refractivity (Wildman–Crippen MR) is 58.0 cm³/mol. The second-order valence-electron chi connectivity index (χ2n) is 3.64. The second-order valence-corrected chi connectivity index (χ2v) is 3.64. The van der Waals surface area contributed by atoms with Crippen molar-refractivity contribution < 1.29 is 9.18 Å². The van der Waals surface area contributed by atoms with Crippen LogP contribution < -0.4 is 5.32 Å². The maximum absolute atomic E-state index is 13.2. The molecule has 1 rings (SSSR count). The number of halogens is 1. The summed E-state index contributed by atoms with van der Waals surface area (Å²) in [7, 11) is 0. The van der Waals surface area contributed by atoms with E-state index < -0.39 is 0 Å². The van der Waals surface area contributed by atoms with Gasteiger partial charge in [-0.25, -0.2) is 4.39 Å². The Kier molecular flexibility index (Phi) is 4.28. The van der Waals surface area contributed by atoms with Gasteiger partial charge in [0.1, 0.15) is 5.82 Å². The predicted octanol–water partition coefficient (Wildman–Crippen LogP) is 2.28. The highest BCUT2D eigenvalue weighted by Gasteiger charge is 2.09. The van der Waals surface area contributed by atoms with Crippen LogP contribution >= 0.6 is 0 Å². The Bertz CT molecular complexity index is 338. The van der Waals surface area contributed by atoms with Gasteiger partial charge in [0.2, 0.25) is 5.91 Å². The average molecular weight is 209 g/mol. The quantitative estimate of drug-likeness (QED) is 0.809. The Morgan fingerprint density at radius 2 is 2.13 bits per heavy atom. The third-order valence-corrected chi connectivity index (χ3v) is 2.33. The molecule has 0 fully saturated rings. The molecule has 15 heavy (non-hydrogen) atoms. The third-order valence-electron chi connectivity index (χ3n) is 2.33. The van der Waals surface area contributed by atoms with Gasteiger partial charge in [-0.1, -0.05) is 25.1 Å². The van der Waals surface area contributed by atoms with Gasteiger partial charge in [0.15, 0.2) is 0 Å². The lowest BCUT2D eigenvalue weighted by Gasteiger charge is -2.11. The molecular weight excluding hydrogens is 193 g/mol. The zero-order chi connectivity index (χ0) is 11.3. The molecule has 0 radical (unpaired) electrons. The summed E-state index contributed by atoms with van der Waals surface area (Å²) in [5.74, 6) is -0.453. The highest BCUT2D eigenvalue weighted by atomic mass is 19.1. The van der Waals surface area contributed by atoms with Crippen molar-refractivity contribution in [2.24, 2.45) is 0 Å². The van der Waals surface area contributed by atoms with Crippen molar-refractivity contribution in [1.29, 1.82) is 0 Å². The lowest BCUT2D eigenvalue weighted by Crippen LogP contribution is -2.33. The number of hydrogen-bond donors (Lipinski definition) is 1. The first-order valence-electron chi connectivity index (χ1n) is 5.16. The third kappa shape index (κ3) is 3.70. The molecule has 1 atom stereocenters. The lowest BCUT2D eigenvalue weighted by atomic mass is 10.1. The number of amides is 1. The first kappa shape index (κ1) is 11.7. The molecule has 0 saturated heterocycles. The van der Waals surface area contributed by atoms with Crippen LogP contribution in [0, 0.1) is 5.82 Å². The summed E-state index contributed by atoms with van der Waals surface area (Å²) in [6.07, 6.45) is 0.986. The molecule has 1 N–H and O–H groups in total. The van der Waals surface area contributed by atoms with Crippen molar-refractivity contribution in [1.82, 2.24) is 5.32 Å². The highest BCUT2D eigenvalue weighted by Crippen LogP contribution is 2.07. The van der Waals surface area contributed by atoms with Crippen molar-refractivity contribution in [2.75, 3.05) is 0 Å². The van der Waals surface area contributed by atoms with Crippen LogP contribution in [0.2, 0.25) is 0 Å². The second kappa shape index (κ2) is 5.49. The number of nitrogens with one attached hydrogen (secondary N) is 1. The molecular formula is C12H16FNO. The largest absolute Gasteiger partial charge is 0.353 e. The van der Waals surface area contributed by atoms with Crippen molar-refractivity contribution >= 4 is 5.91 Å². The van der Waals surface area contributed by atoms with Crippen molar-refractivity contribution in [3.8, 4) is 0 Å². The molecule has 0 aliphatic heterocycles. The van der Waals surface area contributed by atoms with Crippen LogP contribution in [-0.4, -0.2) is 11.9 Å². The topological polar surface area (TPSA) is 29.1 Å². The summed E-state index contributed by atoms with van der Waals surface area (Å²) in [4.78, 5) is 11.5. The summed E-state index contributed by atoms with van der Waals surface area (Å²) in [5.41, 5.74) is 0.443. The van der Waals surface area contributed by atoms with Crippen LogP contribution in [0.3, 0.4) is 0 Å². The molecule has 2 nitrogen and oxygen atoms in total. The summed E-state index contributed by atoms with van der Waals surface area (Å²) in [6.45, 7) is 3.92. The normalized spacial score (nSPS) is 12.2. The molecule has 3 heteroatoms.